The lowest BCUT2D eigenvalue weighted by atomic mass is 9.82. The van der Waals surface area contributed by atoms with Crippen molar-refractivity contribution >= 4 is 22.9 Å². The molecule has 2 aliphatic rings. The topological polar surface area (TPSA) is 34.4 Å². The molecule has 1 atom stereocenters. The zero-order chi connectivity index (χ0) is 17.3. The van der Waals surface area contributed by atoms with Gasteiger partial charge >= 0.3 is 0 Å². The first-order valence-corrected chi connectivity index (χ1v) is 8.98. The number of aliphatic imine (C=N–C) groups is 1. The van der Waals surface area contributed by atoms with Gasteiger partial charge in [-0.15, -0.1) is 0 Å². The zero-order valence-electron chi connectivity index (χ0n) is 15.1. The van der Waals surface area contributed by atoms with E-state index in [1.165, 1.54) is 11.3 Å². The Morgan fingerprint density at radius 1 is 1.25 bits per heavy atom. The lowest BCUT2D eigenvalue weighted by molar-refractivity contribution is 0.0902. The van der Waals surface area contributed by atoms with Crippen LogP contribution >= 0.6 is 0 Å². The van der Waals surface area contributed by atoms with Crippen molar-refractivity contribution in [2.45, 2.75) is 46.5 Å². The number of hydrogen-bond acceptors (Lipinski definition) is 2. The summed E-state index contributed by atoms with van der Waals surface area (Å²) in [4.78, 5) is 17.5. The highest BCUT2D eigenvalue weighted by Gasteiger charge is 2.32. The molecule has 1 aromatic carbocycles. The maximum Gasteiger partial charge on any atom is 0.168 e. The molecule has 4 rings (SSSR count). The Labute approximate surface area is 144 Å². The summed E-state index contributed by atoms with van der Waals surface area (Å²) >= 11 is 0. The average molecular weight is 322 g/mol. The second kappa shape index (κ2) is 6.76. The third-order valence-electron chi connectivity index (χ3n) is 5.15. The maximum atomic E-state index is 13.1. The first-order valence-electron chi connectivity index (χ1n) is 8.98. The van der Waals surface area contributed by atoms with Crippen molar-refractivity contribution in [3.63, 3.8) is 0 Å². The molecule has 1 unspecified atom stereocenters. The summed E-state index contributed by atoms with van der Waals surface area (Å²) in [7, 11) is 2.07. The van der Waals surface area contributed by atoms with E-state index in [1.807, 2.05) is 32.2 Å². The number of para-hydroxylation sites is 1. The van der Waals surface area contributed by atoms with E-state index >= 15 is 0 Å². The Balaban J connectivity index is 0.000000815. The van der Waals surface area contributed by atoms with Gasteiger partial charge in [-0.1, -0.05) is 32.0 Å². The standard InChI is InChI=1S/C19H20N2O.C2H6/c1-12-9-10-20-15(12)11-13-7-8-17-18(19(13)22)14-5-3-4-6-16(14)21(17)2;1-2/h3-6,10,13H,7-9,11H2,1-2H3;1-2H3. The van der Waals surface area contributed by atoms with Gasteiger partial charge in [0.1, 0.15) is 0 Å². The Kier molecular flexibility index (Phi) is 4.70. The van der Waals surface area contributed by atoms with Gasteiger partial charge in [0.25, 0.3) is 0 Å². The molecule has 0 spiro atoms. The molecule has 0 bridgehead atoms. The Bertz CT molecular complexity index is 839. The number of Topliss-reactive ketones (excluding diaryl/α,β-unsaturated/α-hetero) is 1. The summed E-state index contributed by atoms with van der Waals surface area (Å²) < 4.78 is 2.19. The van der Waals surface area contributed by atoms with Crippen LogP contribution in [0, 0.1) is 5.92 Å². The predicted octanol–water partition coefficient (Wildman–Crippen LogP) is 5.09. The molecule has 2 heterocycles. The highest BCUT2D eigenvalue weighted by atomic mass is 16.1. The molecule has 0 radical (unpaired) electrons. The van der Waals surface area contributed by atoms with Gasteiger partial charge < -0.3 is 4.57 Å². The summed E-state index contributed by atoms with van der Waals surface area (Å²) in [6.07, 6.45) is 5.61. The van der Waals surface area contributed by atoms with Crippen LogP contribution in [-0.2, 0) is 13.5 Å². The third-order valence-corrected chi connectivity index (χ3v) is 5.15. The minimum absolute atomic E-state index is 0.0820. The summed E-state index contributed by atoms with van der Waals surface area (Å²) in [5.74, 6) is 0.388. The Morgan fingerprint density at radius 3 is 2.71 bits per heavy atom. The van der Waals surface area contributed by atoms with Gasteiger partial charge in [0.2, 0.25) is 0 Å². The van der Waals surface area contributed by atoms with Crippen molar-refractivity contribution in [3.8, 4) is 0 Å². The SMILES string of the molecule is CC.CC1=C(CC2CCc3c(c4ccccc4n3C)C2=O)N=CC1. The van der Waals surface area contributed by atoms with Gasteiger partial charge in [0.05, 0.1) is 0 Å². The third kappa shape index (κ3) is 2.62. The largest absolute Gasteiger partial charge is 0.347 e. The van der Waals surface area contributed by atoms with E-state index in [-0.39, 0.29) is 5.92 Å². The second-order valence-electron chi connectivity index (χ2n) is 6.44. The molecule has 0 amide bonds. The number of benzene rings is 1. The van der Waals surface area contributed by atoms with Crippen LogP contribution in [0.5, 0.6) is 0 Å². The summed E-state index contributed by atoms with van der Waals surface area (Å²) in [5, 5.41) is 1.11. The Morgan fingerprint density at radius 2 is 2.00 bits per heavy atom. The summed E-state index contributed by atoms with van der Waals surface area (Å²) in [5.41, 5.74) is 5.76. The highest BCUT2D eigenvalue weighted by Crippen LogP contribution is 2.36. The van der Waals surface area contributed by atoms with Gasteiger partial charge in [-0.25, -0.2) is 0 Å². The van der Waals surface area contributed by atoms with Crippen LogP contribution < -0.4 is 0 Å². The molecule has 1 aromatic heterocycles. The molecule has 1 aliphatic carbocycles. The normalized spacial score (nSPS) is 19.5. The number of ketones is 1. The zero-order valence-corrected chi connectivity index (χ0v) is 15.1. The molecule has 2 aromatic rings. The van der Waals surface area contributed by atoms with Gasteiger partial charge in [-0.3, -0.25) is 9.79 Å². The molecule has 3 heteroatoms. The molecule has 3 nitrogen and oxygen atoms in total. The molecule has 1 aliphatic heterocycles. The molecule has 0 saturated carbocycles. The average Bonchev–Trinajstić information content (AvgIpc) is 3.15. The van der Waals surface area contributed by atoms with E-state index < -0.39 is 0 Å². The fourth-order valence-corrected chi connectivity index (χ4v) is 3.84. The van der Waals surface area contributed by atoms with Crippen LogP contribution in [0.4, 0.5) is 0 Å². The van der Waals surface area contributed by atoms with Gasteiger partial charge in [-0.05, 0) is 37.8 Å². The molecule has 0 N–H and O–H groups in total. The molecule has 126 valence electrons. The smallest absolute Gasteiger partial charge is 0.168 e. The van der Waals surface area contributed by atoms with E-state index in [4.69, 9.17) is 0 Å². The molecular weight excluding hydrogens is 296 g/mol. The van der Waals surface area contributed by atoms with E-state index in [0.29, 0.717) is 5.78 Å². The number of rotatable bonds is 2. The fourth-order valence-electron chi connectivity index (χ4n) is 3.84. The van der Waals surface area contributed by atoms with Crippen molar-refractivity contribution in [2.24, 2.45) is 18.0 Å². The van der Waals surface area contributed by atoms with Crippen LogP contribution in [0.3, 0.4) is 0 Å². The van der Waals surface area contributed by atoms with Crippen molar-refractivity contribution in [1.29, 1.82) is 0 Å². The van der Waals surface area contributed by atoms with Gasteiger partial charge in [0, 0.05) is 53.5 Å². The van der Waals surface area contributed by atoms with Crippen molar-refractivity contribution in [1.82, 2.24) is 4.57 Å². The number of hydrogen-bond donors (Lipinski definition) is 0. The second-order valence-corrected chi connectivity index (χ2v) is 6.44. The quantitative estimate of drug-likeness (QED) is 0.758. The van der Waals surface area contributed by atoms with E-state index in [1.54, 1.807) is 0 Å². The molecule has 24 heavy (non-hydrogen) atoms. The Hall–Kier alpha value is -2.16. The van der Waals surface area contributed by atoms with Crippen molar-refractivity contribution in [3.05, 3.63) is 46.8 Å². The van der Waals surface area contributed by atoms with Crippen LogP contribution in [0.25, 0.3) is 10.9 Å². The molecular formula is C21H26N2O. The van der Waals surface area contributed by atoms with Crippen LogP contribution in [0.2, 0.25) is 0 Å². The van der Waals surface area contributed by atoms with Crippen LogP contribution in [0.1, 0.15) is 56.1 Å². The maximum absolute atomic E-state index is 13.1. The van der Waals surface area contributed by atoms with Crippen molar-refractivity contribution < 1.29 is 4.79 Å². The predicted molar refractivity (Wildman–Crippen MR) is 101 cm³/mol. The first kappa shape index (κ1) is 16.7. The van der Waals surface area contributed by atoms with E-state index in [0.717, 1.165) is 47.8 Å². The van der Waals surface area contributed by atoms with Gasteiger partial charge in [-0.2, -0.15) is 0 Å². The van der Waals surface area contributed by atoms with Gasteiger partial charge in [0.15, 0.2) is 5.78 Å². The number of fused-ring (bicyclic) bond motifs is 3. The lowest BCUT2D eigenvalue weighted by Crippen LogP contribution is -2.23. The number of nitrogens with zero attached hydrogens (tertiary/aromatic N) is 2. The summed E-state index contributed by atoms with van der Waals surface area (Å²) in [6.45, 7) is 6.12. The molecule has 0 fully saturated rings. The fraction of sp³-hybridized carbons (Fsp3) is 0.429. The van der Waals surface area contributed by atoms with E-state index in [2.05, 4.69) is 35.7 Å². The van der Waals surface area contributed by atoms with Crippen LogP contribution in [0.15, 0.2) is 40.5 Å². The highest BCUT2D eigenvalue weighted by molar-refractivity contribution is 6.11. The lowest BCUT2D eigenvalue weighted by Gasteiger charge is -2.22. The minimum Gasteiger partial charge on any atom is -0.347 e. The van der Waals surface area contributed by atoms with Crippen molar-refractivity contribution in [2.75, 3.05) is 0 Å². The van der Waals surface area contributed by atoms with E-state index in [9.17, 15) is 4.79 Å². The van der Waals surface area contributed by atoms with Crippen LogP contribution in [-0.4, -0.2) is 16.6 Å². The number of allylic oxidation sites excluding steroid dienone is 2. The number of aryl methyl sites for hydroxylation is 1. The number of carbonyl (C=O) groups is 1. The number of carbonyl (C=O) groups excluding carboxylic acids is 1. The minimum atomic E-state index is 0.0820. The molecule has 0 saturated heterocycles. The monoisotopic (exact) mass is 322 g/mol. The first-order chi connectivity index (χ1) is 11.7. The number of aromatic nitrogens is 1. The summed E-state index contributed by atoms with van der Waals surface area (Å²) in [6, 6.07) is 8.24.